The van der Waals surface area contributed by atoms with Gasteiger partial charge in [0.25, 0.3) is 0 Å². The molecule has 2 nitrogen and oxygen atoms in total. The summed E-state index contributed by atoms with van der Waals surface area (Å²) in [6.07, 6.45) is 10.1. The Morgan fingerprint density at radius 1 is 1.00 bits per heavy atom. The number of nitrogens with one attached hydrogen (secondary N) is 1. The van der Waals surface area contributed by atoms with Gasteiger partial charge in [0.2, 0.25) is 0 Å². The molecule has 0 unspecified atom stereocenters. The second-order valence-electron chi connectivity index (χ2n) is 5.56. The standard InChI is InChI=1S/C17H22N2/c1-2-4-11-16(10-3-1)19-13-15-8-5-7-14-9-6-12-18-17(14)15/h5-9,12,16,19H,1-4,10-11,13H2. The lowest BCUT2D eigenvalue weighted by Crippen LogP contribution is -2.27. The average Bonchev–Trinajstić information content (AvgIpc) is 2.74. The molecule has 1 aromatic carbocycles. The molecular weight excluding hydrogens is 232 g/mol. The monoisotopic (exact) mass is 254 g/mol. The number of hydrogen-bond acceptors (Lipinski definition) is 2. The first-order valence-electron chi connectivity index (χ1n) is 7.49. The van der Waals surface area contributed by atoms with Crippen LogP contribution in [0, 0.1) is 0 Å². The minimum atomic E-state index is 0.696. The Morgan fingerprint density at radius 3 is 2.63 bits per heavy atom. The van der Waals surface area contributed by atoms with Crippen LogP contribution in [-0.4, -0.2) is 11.0 Å². The summed E-state index contributed by atoms with van der Waals surface area (Å²) in [6.45, 7) is 0.943. The fourth-order valence-electron chi connectivity index (χ4n) is 3.05. The van der Waals surface area contributed by atoms with E-state index in [4.69, 9.17) is 0 Å². The van der Waals surface area contributed by atoms with Gasteiger partial charge in [-0.15, -0.1) is 0 Å². The first kappa shape index (κ1) is 12.6. The Hall–Kier alpha value is -1.41. The van der Waals surface area contributed by atoms with Crippen LogP contribution in [0.5, 0.6) is 0 Å². The maximum atomic E-state index is 4.52. The van der Waals surface area contributed by atoms with E-state index in [0.717, 1.165) is 12.1 Å². The Kier molecular flexibility index (Phi) is 4.09. The van der Waals surface area contributed by atoms with Crippen LogP contribution in [-0.2, 0) is 6.54 Å². The van der Waals surface area contributed by atoms with E-state index in [0.29, 0.717) is 6.04 Å². The number of hydrogen-bond donors (Lipinski definition) is 1. The van der Waals surface area contributed by atoms with E-state index in [1.165, 1.54) is 49.5 Å². The van der Waals surface area contributed by atoms with Crippen LogP contribution in [0.25, 0.3) is 10.9 Å². The van der Waals surface area contributed by atoms with Crippen molar-refractivity contribution in [1.29, 1.82) is 0 Å². The topological polar surface area (TPSA) is 24.9 Å². The molecule has 0 aliphatic heterocycles. The molecule has 1 fully saturated rings. The lowest BCUT2D eigenvalue weighted by Gasteiger charge is -2.16. The number of rotatable bonds is 3. The van der Waals surface area contributed by atoms with Crippen molar-refractivity contribution in [2.45, 2.75) is 51.1 Å². The van der Waals surface area contributed by atoms with Crippen LogP contribution in [0.15, 0.2) is 36.5 Å². The number of fused-ring (bicyclic) bond motifs is 1. The van der Waals surface area contributed by atoms with Gasteiger partial charge >= 0.3 is 0 Å². The summed E-state index contributed by atoms with van der Waals surface area (Å²) >= 11 is 0. The van der Waals surface area contributed by atoms with Crippen molar-refractivity contribution in [2.75, 3.05) is 0 Å². The Balaban J connectivity index is 1.71. The fourth-order valence-corrected chi connectivity index (χ4v) is 3.05. The van der Waals surface area contributed by atoms with Gasteiger partial charge in [-0.1, -0.05) is 49.9 Å². The summed E-state index contributed by atoms with van der Waals surface area (Å²) in [4.78, 5) is 4.52. The van der Waals surface area contributed by atoms with Crippen molar-refractivity contribution in [3.63, 3.8) is 0 Å². The van der Waals surface area contributed by atoms with Gasteiger partial charge in [0.05, 0.1) is 5.52 Å². The van der Waals surface area contributed by atoms with Gasteiger partial charge in [-0.2, -0.15) is 0 Å². The highest BCUT2D eigenvalue weighted by molar-refractivity contribution is 5.81. The molecule has 0 bridgehead atoms. The third-order valence-corrected chi connectivity index (χ3v) is 4.15. The third kappa shape index (κ3) is 3.13. The van der Waals surface area contributed by atoms with E-state index >= 15 is 0 Å². The van der Waals surface area contributed by atoms with Gasteiger partial charge in [0, 0.05) is 24.2 Å². The van der Waals surface area contributed by atoms with E-state index in [-0.39, 0.29) is 0 Å². The first-order chi connectivity index (χ1) is 9.43. The van der Waals surface area contributed by atoms with Crippen LogP contribution >= 0.6 is 0 Å². The molecule has 19 heavy (non-hydrogen) atoms. The maximum absolute atomic E-state index is 4.52. The normalized spacial score (nSPS) is 17.5. The molecule has 3 rings (SSSR count). The summed E-state index contributed by atoms with van der Waals surface area (Å²) in [6, 6.07) is 11.3. The van der Waals surface area contributed by atoms with Crippen LogP contribution in [0.1, 0.15) is 44.1 Å². The molecule has 1 aliphatic rings. The Labute approximate surface area is 115 Å². The molecule has 0 saturated heterocycles. The predicted molar refractivity (Wildman–Crippen MR) is 80.1 cm³/mol. The van der Waals surface area contributed by atoms with Gasteiger partial charge in [-0.3, -0.25) is 4.98 Å². The smallest absolute Gasteiger partial charge is 0.0746 e. The van der Waals surface area contributed by atoms with Gasteiger partial charge in [-0.05, 0) is 24.5 Å². The molecule has 2 aromatic rings. The number of aromatic nitrogens is 1. The summed E-state index contributed by atoms with van der Waals surface area (Å²) in [5, 5.41) is 4.97. The van der Waals surface area contributed by atoms with Crippen molar-refractivity contribution in [3.8, 4) is 0 Å². The molecule has 1 heterocycles. The van der Waals surface area contributed by atoms with Crippen molar-refractivity contribution in [2.24, 2.45) is 0 Å². The maximum Gasteiger partial charge on any atom is 0.0746 e. The van der Waals surface area contributed by atoms with Crippen molar-refractivity contribution < 1.29 is 0 Å². The number of nitrogens with zero attached hydrogens (tertiary/aromatic N) is 1. The molecule has 0 spiro atoms. The molecule has 0 amide bonds. The average molecular weight is 254 g/mol. The largest absolute Gasteiger partial charge is 0.310 e. The summed E-state index contributed by atoms with van der Waals surface area (Å²) < 4.78 is 0. The molecule has 100 valence electrons. The van der Waals surface area contributed by atoms with Crippen LogP contribution in [0.3, 0.4) is 0 Å². The molecule has 1 N–H and O–H groups in total. The zero-order chi connectivity index (χ0) is 12.9. The van der Waals surface area contributed by atoms with E-state index in [2.05, 4.69) is 34.6 Å². The Bertz CT molecular complexity index is 522. The quantitative estimate of drug-likeness (QED) is 0.836. The molecule has 0 radical (unpaired) electrons. The first-order valence-corrected chi connectivity index (χ1v) is 7.49. The second kappa shape index (κ2) is 6.16. The minimum absolute atomic E-state index is 0.696. The lowest BCUT2D eigenvalue weighted by atomic mass is 10.1. The van der Waals surface area contributed by atoms with E-state index in [1.54, 1.807) is 0 Å². The van der Waals surface area contributed by atoms with Crippen molar-refractivity contribution in [3.05, 3.63) is 42.1 Å². The zero-order valence-electron chi connectivity index (χ0n) is 11.4. The summed E-state index contributed by atoms with van der Waals surface area (Å²) in [5.74, 6) is 0. The molecular formula is C17H22N2. The molecule has 1 aliphatic carbocycles. The van der Waals surface area contributed by atoms with Gasteiger partial charge in [0.1, 0.15) is 0 Å². The second-order valence-corrected chi connectivity index (χ2v) is 5.56. The van der Waals surface area contributed by atoms with Gasteiger partial charge < -0.3 is 5.32 Å². The minimum Gasteiger partial charge on any atom is -0.310 e. The number of benzene rings is 1. The predicted octanol–water partition coefficient (Wildman–Crippen LogP) is 4.05. The van der Waals surface area contributed by atoms with Gasteiger partial charge in [-0.25, -0.2) is 0 Å². The highest BCUT2D eigenvalue weighted by atomic mass is 14.9. The molecule has 0 atom stereocenters. The molecule has 2 heteroatoms. The molecule has 1 saturated carbocycles. The van der Waals surface area contributed by atoms with Crippen LogP contribution < -0.4 is 5.32 Å². The summed E-state index contributed by atoms with van der Waals surface area (Å²) in [7, 11) is 0. The summed E-state index contributed by atoms with van der Waals surface area (Å²) in [5.41, 5.74) is 2.47. The van der Waals surface area contributed by atoms with Gasteiger partial charge in [0.15, 0.2) is 0 Å². The SMILES string of the molecule is c1cnc2c(CNC3CCCCCC3)cccc2c1. The van der Waals surface area contributed by atoms with E-state index < -0.39 is 0 Å². The number of pyridine rings is 1. The van der Waals surface area contributed by atoms with Crippen LogP contribution in [0.2, 0.25) is 0 Å². The molecule has 1 aromatic heterocycles. The zero-order valence-corrected chi connectivity index (χ0v) is 11.4. The highest BCUT2D eigenvalue weighted by Crippen LogP contribution is 2.19. The van der Waals surface area contributed by atoms with E-state index in [1.807, 2.05) is 12.3 Å². The highest BCUT2D eigenvalue weighted by Gasteiger charge is 2.12. The Morgan fingerprint density at radius 2 is 1.79 bits per heavy atom. The third-order valence-electron chi connectivity index (χ3n) is 4.15. The lowest BCUT2D eigenvalue weighted by molar-refractivity contribution is 0.460. The number of para-hydroxylation sites is 1. The van der Waals surface area contributed by atoms with E-state index in [9.17, 15) is 0 Å². The van der Waals surface area contributed by atoms with Crippen molar-refractivity contribution >= 4 is 10.9 Å². The van der Waals surface area contributed by atoms with Crippen LogP contribution in [0.4, 0.5) is 0 Å². The fraction of sp³-hybridized carbons (Fsp3) is 0.471. The van der Waals surface area contributed by atoms with Crippen molar-refractivity contribution in [1.82, 2.24) is 10.3 Å².